The maximum absolute atomic E-state index is 13.4. The van der Waals surface area contributed by atoms with Crippen LogP contribution in [-0.4, -0.2) is 23.2 Å². The van der Waals surface area contributed by atoms with E-state index in [-0.39, 0.29) is 10.6 Å². The fourth-order valence-corrected chi connectivity index (χ4v) is 3.43. The van der Waals surface area contributed by atoms with Crippen LogP contribution in [0.1, 0.15) is 5.56 Å². The predicted octanol–water partition coefficient (Wildman–Crippen LogP) is 2.52. The lowest BCUT2D eigenvalue weighted by Crippen LogP contribution is -2.16. The van der Waals surface area contributed by atoms with E-state index >= 15 is 0 Å². The Bertz CT molecular complexity index is 940. The standard InChI is InChI=1S/C15H13FN4O2S/c1-11-5-6-12(16)10-14(11)23(21,22)19-13-4-2-7-17-15(13)20-9-3-8-18-20/h2-10,19H,1H3. The summed E-state index contributed by atoms with van der Waals surface area (Å²) in [6.07, 6.45) is 4.74. The van der Waals surface area contributed by atoms with Crippen molar-refractivity contribution in [3.63, 3.8) is 0 Å². The van der Waals surface area contributed by atoms with Gasteiger partial charge in [0, 0.05) is 18.6 Å². The van der Waals surface area contributed by atoms with Gasteiger partial charge in [0.25, 0.3) is 10.0 Å². The zero-order chi connectivity index (χ0) is 16.4. The van der Waals surface area contributed by atoms with Crippen LogP contribution < -0.4 is 4.72 Å². The van der Waals surface area contributed by atoms with Crippen molar-refractivity contribution in [2.24, 2.45) is 0 Å². The van der Waals surface area contributed by atoms with E-state index in [1.807, 2.05) is 0 Å². The first kappa shape index (κ1) is 15.2. The highest BCUT2D eigenvalue weighted by atomic mass is 32.2. The summed E-state index contributed by atoms with van der Waals surface area (Å²) in [6, 6.07) is 8.49. The molecule has 118 valence electrons. The summed E-state index contributed by atoms with van der Waals surface area (Å²) in [5, 5.41) is 4.04. The van der Waals surface area contributed by atoms with E-state index in [1.165, 1.54) is 23.0 Å². The van der Waals surface area contributed by atoms with Gasteiger partial charge >= 0.3 is 0 Å². The highest BCUT2D eigenvalue weighted by molar-refractivity contribution is 7.92. The van der Waals surface area contributed by atoms with Crippen molar-refractivity contribution in [2.75, 3.05) is 4.72 Å². The molecule has 0 radical (unpaired) electrons. The Balaban J connectivity index is 2.04. The summed E-state index contributed by atoms with van der Waals surface area (Å²) in [6.45, 7) is 1.60. The van der Waals surface area contributed by atoms with Gasteiger partial charge in [0.15, 0.2) is 5.82 Å². The number of aryl methyl sites for hydroxylation is 1. The van der Waals surface area contributed by atoms with E-state index in [2.05, 4.69) is 14.8 Å². The van der Waals surface area contributed by atoms with Crippen molar-refractivity contribution in [3.05, 3.63) is 66.4 Å². The van der Waals surface area contributed by atoms with Crippen LogP contribution in [0.5, 0.6) is 0 Å². The normalized spacial score (nSPS) is 11.4. The molecule has 0 saturated heterocycles. The second-order valence-corrected chi connectivity index (χ2v) is 6.49. The van der Waals surface area contributed by atoms with Crippen LogP contribution >= 0.6 is 0 Å². The van der Waals surface area contributed by atoms with Crippen molar-refractivity contribution in [3.8, 4) is 5.82 Å². The molecule has 2 heterocycles. The molecule has 3 rings (SSSR count). The fourth-order valence-electron chi connectivity index (χ4n) is 2.12. The molecule has 1 N–H and O–H groups in total. The summed E-state index contributed by atoms with van der Waals surface area (Å²) < 4.78 is 42.4. The van der Waals surface area contributed by atoms with Crippen molar-refractivity contribution < 1.29 is 12.8 Å². The van der Waals surface area contributed by atoms with Gasteiger partial charge in [0.05, 0.1) is 10.6 Å². The first-order valence-electron chi connectivity index (χ1n) is 6.71. The molecule has 1 aromatic carbocycles. The highest BCUT2D eigenvalue weighted by Crippen LogP contribution is 2.23. The van der Waals surface area contributed by atoms with Crippen LogP contribution in [0.3, 0.4) is 0 Å². The van der Waals surface area contributed by atoms with Gasteiger partial charge in [-0.3, -0.25) is 4.72 Å². The van der Waals surface area contributed by atoms with Gasteiger partial charge in [-0.1, -0.05) is 6.07 Å². The summed E-state index contributed by atoms with van der Waals surface area (Å²) in [4.78, 5) is 4.02. The van der Waals surface area contributed by atoms with Crippen LogP contribution in [0.15, 0.2) is 59.9 Å². The van der Waals surface area contributed by atoms with Gasteiger partial charge in [-0.15, -0.1) is 0 Å². The Kier molecular flexibility index (Phi) is 3.83. The average molecular weight is 332 g/mol. The van der Waals surface area contributed by atoms with Crippen molar-refractivity contribution >= 4 is 15.7 Å². The number of benzene rings is 1. The molecule has 0 bridgehead atoms. The first-order chi connectivity index (χ1) is 11.0. The minimum absolute atomic E-state index is 0.118. The second kappa shape index (κ2) is 5.81. The lowest BCUT2D eigenvalue weighted by Gasteiger charge is -2.13. The number of sulfonamides is 1. The van der Waals surface area contributed by atoms with Crippen LogP contribution in [0.25, 0.3) is 5.82 Å². The molecule has 3 aromatic rings. The number of halogens is 1. The Labute approximate surface area is 132 Å². The number of rotatable bonds is 4. The third-order valence-electron chi connectivity index (χ3n) is 3.19. The minimum Gasteiger partial charge on any atom is -0.276 e. The van der Waals surface area contributed by atoms with E-state index in [1.54, 1.807) is 37.5 Å². The number of hydrogen-bond acceptors (Lipinski definition) is 4. The predicted molar refractivity (Wildman–Crippen MR) is 83.3 cm³/mol. The largest absolute Gasteiger partial charge is 0.276 e. The molecule has 0 atom stereocenters. The molecule has 8 heteroatoms. The third kappa shape index (κ3) is 3.07. The monoisotopic (exact) mass is 332 g/mol. The smallest absolute Gasteiger partial charge is 0.262 e. The molecule has 2 aromatic heterocycles. The van der Waals surface area contributed by atoms with E-state index in [4.69, 9.17) is 0 Å². The maximum atomic E-state index is 13.4. The number of nitrogens with one attached hydrogen (secondary N) is 1. The molecule has 0 aliphatic rings. The van der Waals surface area contributed by atoms with Gasteiger partial charge in [0.1, 0.15) is 5.82 Å². The lowest BCUT2D eigenvalue weighted by molar-refractivity contribution is 0.594. The Morgan fingerprint density at radius 1 is 1.17 bits per heavy atom. The van der Waals surface area contributed by atoms with Crippen LogP contribution in [-0.2, 0) is 10.0 Å². The molecule has 6 nitrogen and oxygen atoms in total. The summed E-state index contributed by atoms with van der Waals surface area (Å²) in [7, 11) is -3.95. The first-order valence-corrected chi connectivity index (χ1v) is 8.20. The van der Waals surface area contributed by atoms with Gasteiger partial charge in [-0.2, -0.15) is 5.10 Å². The number of anilines is 1. The lowest BCUT2D eigenvalue weighted by atomic mass is 10.2. The Hall–Kier alpha value is -2.74. The number of pyridine rings is 1. The van der Waals surface area contributed by atoms with Gasteiger partial charge in [-0.25, -0.2) is 22.5 Å². The zero-order valence-corrected chi connectivity index (χ0v) is 13.0. The average Bonchev–Trinajstić information content (AvgIpc) is 3.04. The molecule has 0 fully saturated rings. The molecule has 0 aliphatic heterocycles. The fraction of sp³-hybridized carbons (Fsp3) is 0.0667. The highest BCUT2D eigenvalue weighted by Gasteiger charge is 2.20. The number of nitrogens with zero attached hydrogens (tertiary/aromatic N) is 3. The van der Waals surface area contributed by atoms with E-state index < -0.39 is 15.8 Å². The maximum Gasteiger partial charge on any atom is 0.262 e. The Morgan fingerprint density at radius 3 is 2.74 bits per heavy atom. The van der Waals surface area contributed by atoms with E-state index in [0.29, 0.717) is 11.4 Å². The van der Waals surface area contributed by atoms with Crippen LogP contribution in [0.4, 0.5) is 10.1 Å². The molecular formula is C15H13FN4O2S. The zero-order valence-electron chi connectivity index (χ0n) is 12.1. The van der Waals surface area contributed by atoms with E-state index in [0.717, 1.165) is 6.07 Å². The quantitative estimate of drug-likeness (QED) is 0.796. The van der Waals surface area contributed by atoms with Crippen molar-refractivity contribution in [1.29, 1.82) is 0 Å². The SMILES string of the molecule is Cc1ccc(F)cc1S(=O)(=O)Nc1cccnc1-n1cccn1. The minimum atomic E-state index is -3.95. The summed E-state index contributed by atoms with van der Waals surface area (Å²) in [5.41, 5.74) is 0.697. The topological polar surface area (TPSA) is 76.9 Å². The van der Waals surface area contributed by atoms with Crippen LogP contribution in [0, 0.1) is 12.7 Å². The molecule has 0 aliphatic carbocycles. The van der Waals surface area contributed by atoms with Crippen LogP contribution in [0.2, 0.25) is 0 Å². The summed E-state index contributed by atoms with van der Waals surface area (Å²) >= 11 is 0. The Morgan fingerprint density at radius 2 is 2.00 bits per heavy atom. The van der Waals surface area contributed by atoms with Gasteiger partial charge in [0.2, 0.25) is 0 Å². The molecular weight excluding hydrogens is 319 g/mol. The molecule has 23 heavy (non-hydrogen) atoms. The van der Waals surface area contributed by atoms with Crippen molar-refractivity contribution in [2.45, 2.75) is 11.8 Å². The third-order valence-corrected chi connectivity index (χ3v) is 4.70. The van der Waals surface area contributed by atoms with Gasteiger partial charge in [-0.05, 0) is 42.8 Å². The second-order valence-electron chi connectivity index (χ2n) is 4.84. The van der Waals surface area contributed by atoms with E-state index in [9.17, 15) is 12.8 Å². The molecule has 0 saturated carbocycles. The molecule has 0 amide bonds. The van der Waals surface area contributed by atoms with Crippen molar-refractivity contribution in [1.82, 2.24) is 14.8 Å². The molecule has 0 unspecified atom stereocenters. The number of aromatic nitrogens is 3. The number of hydrogen-bond donors (Lipinski definition) is 1. The van der Waals surface area contributed by atoms with Gasteiger partial charge < -0.3 is 0 Å². The summed E-state index contributed by atoms with van der Waals surface area (Å²) in [5.74, 6) is -0.287. The molecule has 0 spiro atoms.